The Hall–Kier alpha value is -1.82. The van der Waals surface area contributed by atoms with E-state index in [-0.39, 0.29) is 6.04 Å². The topological polar surface area (TPSA) is 58.0 Å². The van der Waals surface area contributed by atoms with Gasteiger partial charge in [0, 0.05) is 12.1 Å². The zero-order valence-corrected chi connectivity index (χ0v) is 16.2. The number of aromatic amines is 1. The first kappa shape index (κ1) is 17.6. The number of hydrogen-bond donors (Lipinski definition) is 1. The van der Waals surface area contributed by atoms with Crippen LogP contribution in [0.25, 0.3) is 11.3 Å². The molecule has 0 bridgehead atoms. The molecule has 7 heteroatoms. The molecule has 4 rings (SSSR count). The van der Waals surface area contributed by atoms with Crippen LogP contribution in [-0.4, -0.2) is 26.8 Å². The summed E-state index contributed by atoms with van der Waals surface area (Å²) in [7, 11) is 0. The van der Waals surface area contributed by atoms with E-state index < -0.39 is 0 Å². The molecule has 0 radical (unpaired) electrons. The summed E-state index contributed by atoms with van der Waals surface area (Å²) in [5, 5.41) is 12.7. The molecular formula is C19H20Cl2N4O. The molecule has 2 aromatic heterocycles. The molecule has 136 valence electrons. The summed E-state index contributed by atoms with van der Waals surface area (Å²) >= 11 is 12.2. The summed E-state index contributed by atoms with van der Waals surface area (Å²) in [6.45, 7) is 5.82. The number of likely N-dealkylation sites (tertiary alicyclic amines) is 1. The van der Waals surface area contributed by atoms with E-state index in [1.165, 1.54) is 0 Å². The Bertz CT molecular complexity index is 934. The van der Waals surface area contributed by atoms with Crippen LogP contribution in [0, 0.1) is 13.8 Å². The number of halogens is 2. The number of H-pyrrole nitrogens is 1. The largest absolute Gasteiger partial charge is 0.356 e. The van der Waals surface area contributed by atoms with Crippen LogP contribution in [0.5, 0.6) is 0 Å². The number of benzene rings is 1. The second kappa shape index (κ2) is 7.06. The lowest BCUT2D eigenvalue weighted by Gasteiger charge is -2.24. The highest BCUT2D eigenvalue weighted by molar-refractivity contribution is 6.42. The van der Waals surface area contributed by atoms with Crippen LogP contribution in [0.1, 0.15) is 41.4 Å². The SMILES string of the molecule is Cc1noc(-c2cn[nH]c2[C@H]2CCCN2Cc2ccc(Cl)c(Cl)c2)c1C. The quantitative estimate of drug-likeness (QED) is 0.654. The van der Waals surface area contributed by atoms with Gasteiger partial charge in [-0.15, -0.1) is 0 Å². The minimum atomic E-state index is 0.256. The van der Waals surface area contributed by atoms with Gasteiger partial charge in [-0.1, -0.05) is 34.4 Å². The second-order valence-corrected chi connectivity index (χ2v) is 7.61. The molecule has 26 heavy (non-hydrogen) atoms. The highest BCUT2D eigenvalue weighted by Crippen LogP contribution is 2.38. The number of nitrogens with one attached hydrogen (secondary N) is 1. The molecule has 5 nitrogen and oxygen atoms in total. The highest BCUT2D eigenvalue weighted by atomic mass is 35.5. The van der Waals surface area contributed by atoms with Gasteiger partial charge in [0.05, 0.1) is 39.2 Å². The molecule has 1 aliphatic rings. The molecule has 0 saturated carbocycles. The normalized spacial score (nSPS) is 17.9. The number of aryl methyl sites for hydroxylation is 1. The van der Waals surface area contributed by atoms with Gasteiger partial charge in [-0.25, -0.2) is 0 Å². The van der Waals surface area contributed by atoms with E-state index in [9.17, 15) is 0 Å². The van der Waals surface area contributed by atoms with Crippen molar-refractivity contribution in [3.05, 3.63) is 57.0 Å². The van der Waals surface area contributed by atoms with Crippen LogP contribution >= 0.6 is 23.2 Å². The maximum absolute atomic E-state index is 6.17. The molecule has 0 amide bonds. The van der Waals surface area contributed by atoms with Crippen molar-refractivity contribution in [3.8, 4) is 11.3 Å². The summed E-state index contributed by atoms with van der Waals surface area (Å²) in [5.74, 6) is 0.799. The third-order valence-corrected chi connectivity index (χ3v) is 5.88. The average Bonchev–Trinajstić information content (AvgIpc) is 3.33. The first-order chi connectivity index (χ1) is 12.5. The van der Waals surface area contributed by atoms with Crippen LogP contribution < -0.4 is 0 Å². The number of nitrogens with zero attached hydrogens (tertiary/aromatic N) is 3. The molecule has 3 heterocycles. The van der Waals surface area contributed by atoms with Crippen molar-refractivity contribution in [2.24, 2.45) is 0 Å². The predicted molar refractivity (Wildman–Crippen MR) is 102 cm³/mol. The Balaban J connectivity index is 1.62. The van der Waals surface area contributed by atoms with Gasteiger partial charge in [0.2, 0.25) is 0 Å². The number of rotatable bonds is 4. The van der Waals surface area contributed by atoms with Gasteiger partial charge in [-0.05, 0) is 50.9 Å². The zero-order valence-electron chi connectivity index (χ0n) is 14.7. The van der Waals surface area contributed by atoms with Gasteiger partial charge >= 0.3 is 0 Å². The fourth-order valence-electron chi connectivity index (χ4n) is 3.61. The van der Waals surface area contributed by atoms with E-state index in [4.69, 9.17) is 27.7 Å². The van der Waals surface area contributed by atoms with Gasteiger partial charge in [0.1, 0.15) is 0 Å². The van der Waals surface area contributed by atoms with Crippen LogP contribution in [0.3, 0.4) is 0 Å². The van der Waals surface area contributed by atoms with Gasteiger partial charge in [0.25, 0.3) is 0 Å². The van der Waals surface area contributed by atoms with Crippen molar-refractivity contribution >= 4 is 23.2 Å². The molecule has 1 N–H and O–H groups in total. The number of aromatic nitrogens is 3. The lowest BCUT2D eigenvalue weighted by atomic mass is 10.0. The van der Waals surface area contributed by atoms with E-state index in [0.29, 0.717) is 10.0 Å². The van der Waals surface area contributed by atoms with E-state index in [1.54, 1.807) is 0 Å². The maximum atomic E-state index is 6.17. The van der Waals surface area contributed by atoms with Crippen molar-refractivity contribution in [2.75, 3.05) is 6.54 Å². The molecule has 1 saturated heterocycles. The minimum absolute atomic E-state index is 0.256. The minimum Gasteiger partial charge on any atom is -0.356 e. The molecule has 1 atom stereocenters. The fraction of sp³-hybridized carbons (Fsp3) is 0.368. The van der Waals surface area contributed by atoms with Crippen LogP contribution in [-0.2, 0) is 6.54 Å². The zero-order chi connectivity index (χ0) is 18.3. The molecule has 0 unspecified atom stereocenters. The summed E-state index contributed by atoms with van der Waals surface area (Å²) < 4.78 is 5.56. The third kappa shape index (κ3) is 3.15. The van der Waals surface area contributed by atoms with E-state index in [1.807, 2.05) is 38.2 Å². The standard InChI is InChI=1S/C19H20Cl2N4O/c1-11-12(2)24-26-19(11)14-9-22-23-18(14)17-4-3-7-25(17)10-13-5-6-15(20)16(21)8-13/h5-6,8-9,17H,3-4,7,10H2,1-2H3,(H,22,23)/t17-/m1/s1. The lowest BCUT2D eigenvalue weighted by Crippen LogP contribution is -2.23. The monoisotopic (exact) mass is 390 g/mol. The van der Waals surface area contributed by atoms with Gasteiger partial charge in [-0.2, -0.15) is 5.10 Å². The van der Waals surface area contributed by atoms with Gasteiger partial charge < -0.3 is 4.52 Å². The maximum Gasteiger partial charge on any atom is 0.173 e. The third-order valence-electron chi connectivity index (χ3n) is 5.14. The predicted octanol–water partition coefficient (Wildman–Crippen LogP) is 5.33. The van der Waals surface area contributed by atoms with Crippen molar-refractivity contribution in [1.82, 2.24) is 20.3 Å². The summed E-state index contributed by atoms with van der Waals surface area (Å²) in [4.78, 5) is 2.44. The Kier molecular flexibility index (Phi) is 4.78. The smallest absolute Gasteiger partial charge is 0.173 e. The van der Waals surface area contributed by atoms with Crippen molar-refractivity contribution in [3.63, 3.8) is 0 Å². The molecule has 1 aliphatic heterocycles. The van der Waals surface area contributed by atoms with E-state index >= 15 is 0 Å². The molecule has 1 fully saturated rings. The van der Waals surface area contributed by atoms with Crippen molar-refractivity contribution in [2.45, 2.75) is 39.3 Å². The molecule has 1 aromatic carbocycles. The van der Waals surface area contributed by atoms with E-state index in [2.05, 4.69) is 20.3 Å². The first-order valence-corrected chi connectivity index (χ1v) is 9.44. The Morgan fingerprint density at radius 2 is 2.12 bits per heavy atom. The second-order valence-electron chi connectivity index (χ2n) is 6.80. The summed E-state index contributed by atoms with van der Waals surface area (Å²) in [6, 6.07) is 6.08. The van der Waals surface area contributed by atoms with Gasteiger partial charge in [-0.3, -0.25) is 10.00 Å². The van der Waals surface area contributed by atoms with Crippen LogP contribution in [0.2, 0.25) is 10.0 Å². The van der Waals surface area contributed by atoms with E-state index in [0.717, 1.165) is 59.8 Å². The van der Waals surface area contributed by atoms with Crippen LogP contribution in [0.15, 0.2) is 28.9 Å². The lowest BCUT2D eigenvalue weighted by molar-refractivity contribution is 0.244. The Labute approximate surface area is 162 Å². The molecule has 0 spiro atoms. The molecule has 0 aliphatic carbocycles. The Morgan fingerprint density at radius 1 is 1.27 bits per heavy atom. The summed E-state index contributed by atoms with van der Waals surface area (Å²) in [5.41, 5.74) is 5.20. The van der Waals surface area contributed by atoms with Crippen molar-refractivity contribution in [1.29, 1.82) is 0 Å². The van der Waals surface area contributed by atoms with Gasteiger partial charge in [0.15, 0.2) is 5.76 Å². The Morgan fingerprint density at radius 3 is 2.85 bits per heavy atom. The fourth-order valence-corrected chi connectivity index (χ4v) is 3.93. The average molecular weight is 391 g/mol. The highest BCUT2D eigenvalue weighted by Gasteiger charge is 2.31. The number of hydrogen-bond acceptors (Lipinski definition) is 4. The molecular weight excluding hydrogens is 371 g/mol. The summed E-state index contributed by atoms with van der Waals surface area (Å²) in [6.07, 6.45) is 4.04. The molecule has 3 aromatic rings. The van der Waals surface area contributed by atoms with Crippen molar-refractivity contribution < 1.29 is 4.52 Å². The van der Waals surface area contributed by atoms with Crippen LogP contribution in [0.4, 0.5) is 0 Å². The first-order valence-electron chi connectivity index (χ1n) is 8.69.